The second-order valence-electron chi connectivity index (χ2n) is 9.90. The SMILES string of the molecule is COc1cc(NC(=O)N2CCC(n3cc(B4OC(C)(C)C(C)(C)O4)cn3)CC2)cc(OC)c1OC. The van der Waals surface area contributed by atoms with Crippen LogP contribution in [0.25, 0.3) is 0 Å². The summed E-state index contributed by atoms with van der Waals surface area (Å²) in [6.07, 6.45) is 5.41. The molecule has 0 saturated carbocycles. The van der Waals surface area contributed by atoms with Crippen LogP contribution in [0.1, 0.15) is 46.6 Å². The second-order valence-corrected chi connectivity index (χ2v) is 9.90. The van der Waals surface area contributed by atoms with Gasteiger partial charge in [-0.05, 0) is 40.5 Å². The Morgan fingerprint density at radius 3 is 2.11 bits per heavy atom. The monoisotopic (exact) mass is 486 g/mol. The minimum absolute atomic E-state index is 0.170. The molecule has 1 N–H and O–H groups in total. The van der Waals surface area contributed by atoms with Gasteiger partial charge in [-0.25, -0.2) is 4.79 Å². The smallest absolute Gasteiger partial charge is 0.493 e. The highest BCUT2D eigenvalue weighted by molar-refractivity contribution is 6.62. The molecule has 0 atom stereocenters. The van der Waals surface area contributed by atoms with Crippen molar-refractivity contribution < 1.29 is 28.3 Å². The number of carbonyl (C=O) groups excluding carboxylic acids is 1. The minimum atomic E-state index is -0.432. The number of hydrogen-bond acceptors (Lipinski definition) is 7. The Balaban J connectivity index is 1.35. The molecule has 2 amide bonds. The van der Waals surface area contributed by atoms with Crippen LogP contribution in [0.4, 0.5) is 10.5 Å². The molecule has 0 bridgehead atoms. The molecule has 3 heterocycles. The highest BCUT2D eigenvalue weighted by atomic mass is 16.7. The summed E-state index contributed by atoms with van der Waals surface area (Å²) >= 11 is 0. The summed E-state index contributed by atoms with van der Waals surface area (Å²) in [5, 5.41) is 7.51. The molecule has 4 rings (SSSR count). The van der Waals surface area contributed by atoms with Crippen molar-refractivity contribution in [2.45, 2.75) is 57.8 Å². The molecule has 0 aliphatic carbocycles. The van der Waals surface area contributed by atoms with E-state index in [0.29, 0.717) is 36.0 Å². The van der Waals surface area contributed by atoms with Crippen LogP contribution in [0, 0.1) is 0 Å². The van der Waals surface area contributed by atoms with Gasteiger partial charge >= 0.3 is 13.1 Å². The number of nitrogens with zero attached hydrogens (tertiary/aromatic N) is 3. The molecule has 10 nitrogen and oxygen atoms in total. The van der Waals surface area contributed by atoms with Crippen molar-refractivity contribution in [3.05, 3.63) is 24.5 Å². The highest BCUT2D eigenvalue weighted by Crippen LogP contribution is 2.40. The second kappa shape index (κ2) is 9.62. The van der Waals surface area contributed by atoms with E-state index in [9.17, 15) is 4.79 Å². The van der Waals surface area contributed by atoms with Crippen molar-refractivity contribution in [2.75, 3.05) is 39.7 Å². The molecule has 0 spiro atoms. The molecule has 1 aromatic heterocycles. The molecule has 2 saturated heterocycles. The van der Waals surface area contributed by atoms with Crippen molar-refractivity contribution in [3.63, 3.8) is 0 Å². The number of piperidine rings is 1. The van der Waals surface area contributed by atoms with E-state index in [1.54, 1.807) is 38.4 Å². The number of rotatable bonds is 6. The molecule has 11 heteroatoms. The summed E-state index contributed by atoms with van der Waals surface area (Å²) in [6, 6.07) is 3.47. The van der Waals surface area contributed by atoms with Gasteiger partial charge in [0.05, 0.1) is 44.3 Å². The first kappa shape index (κ1) is 25.2. The van der Waals surface area contributed by atoms with Crippen LogP contribution in [0.15, 0.2) is 24.5 Å². The zero-order chi connectivity index (χ0) is 25.4. The maximum absolute atomic E-state index is 12.9. The Labute approximate surface area is 206 Å². The van der Waals surface area contributed by atoms with Crippen molar-refractivity contribution >= 4 is 24.3 Å². The molecular weight excluding hydrogens is 451 g/mol. The van der Waals surface area contributed by atoms with E-state index in [2.05, 4.69) is 10.4 Å². The van der Waals surface area contributed by atoms with Crippen LogP contribution in [0.3, 0.4) is 0 Å². The third kappa shape index (κ3) is 4.92. The summed E-state index contributed by atoms with van der Waals surface area (Å²) in [5.41, 5.74) is 0.698. The number of ether oxygens (including phenoxy) is 3. The van der Waals surface area contributed by atoms with Crippen molar-refractivity contribution in [2.24, 2.45) is 0 Å². The normalized spacial score (nSPS) is 19.5. The van der Waals surface area contributed by atoms with Gasteiger partial charge in [0, 0.05) is 43.1 Å². The predicted molar refractivity (Wildman–Crippen MR) is 133 cm³/mol. The van der Waals surface area contributed by atoms with E-state index >= 15 is 0 Å². The number of carbonyl (C=O) groups is 1. The molecule has 0 unspecified atom stereocenters. The molecule has 0 radical (unpaired) electrons. The number of aromatic nitrogens is 2. The Morgan fingerprint density at radius 2 is 1.60 bits per heavy atom. The van der Waals surface area contributed by atoms with Crippen LogP contribution >= 0.6 is 0 Å². The largest absolute Gasteiger partial charge is 0.498 e. The quantitative estimate of drug-likeness (QED) is 0.627. The van der Waals surface area contributed by atoms with E-state index in [0.717, 1.165) is 18.3 Å². The minimum Gasteiger partial charge on any atom is -0.493 e. The molecule has 1 aromatic carbocycles. The number of nitrogens with one attached hydrogen (secondary N) is 1. The van der Waals surface area contributed by atoms with Gasteiger partial charge in [0.1, 0.15) is 0 Å². The van der Waals surface area contributed by atoms with Crippen LogP contribution < -0.4 is 25.0 Å². The number of urea groups is 1. The van der Waals surface area contributed by atoms with Crippen LogP contribution in [-0.2, 0) is 9.31 Å². The number of amides is 2. The number of anilines is 1. The Kier molecular flexibility index (Phi) is 6.92. The Morgan fingerprint density at radius 1 is 1.03 bits per heavy atom. The maximum atomic E-state index is 12.9. The maximum Gasteiger partial charge on any atom is 0.498 e. The predicted octanol–water partition coefficient (Wildman–Crippen LogP) is 3.08. The molecular formula is C24H35BN4O6. The van der Waals surface area contributed by atoms with Gasteiger partial charge in [0.15, 0.2) is 11.5 Å². The Hall–Kier alpha value is -2.92. The summed E-state index contributed by atoms with van der Waals surface area (Å²) in [7, 11) is 4.20. The Bertz CT molecular complexity index is 1020. The number of hydrogen-bond donors (Lipinski definition) is 1. The van der Waals surface area contributed by atoms with Crippen molar-refractivity contribution in [3.8, 4) is 17.2 Å². The van der Waals surface area contributed by atoms with E-state index in [1.807, 2.05) is 44.8 Å². The van der Waals surface area contributed by atoms with Gasteiger partial charge in [-0.15, -0.1) is 0 Å². The van der Waals surface area contributed by atoms with Crippen LogP contribution in [-0.4, -0.2) is 73.5 Å². The summed E-state index contributed by atoms with van der Waals surface area (Å²) < 4.78 is 30.3. The van der Waals surface area contributed by atoms with Gasteiger partial charge in [0.25, 0.3) is 0 Å². The average Bonchev–Trinajstić information content (AvgIpc) is 3.40. The molecule has 35 heavy (non-hydrogen) atoms. The summed E-state index contributed by atoms with van der Waals surface area (Å²) in [6.45, 7) is 9.39. The molecule has 190 valence electrons. The lowest BCUT2D eigenvalue weighted by molar-refractivity contribution is 0.00578. The van der Waals surface area contributed by atoms with Crippen molar-refractivity contribution in [1.82, 2.24) is 14.7 Å². The number of benzene rings is 1. The van der Waals surface area contributed by atoms with E-state index in [-0.39, 0.29) is 12.1 Å². The average molecular weight is 486 g/mol. The van der Waals surface area contributed by atoms with Gasteiger partial charge < -0.3 is 33.7 Å². The summed E-state index contributed by atoms with van der Waals surface area (Å²) in [4.78, 5) is 14.7. The summed E-state index contributed by atoms with van der Waals surface area (Å²) in [5.74, 6) is 1.45. The standard InChI is InChI=1S/C24H35BN4O6/c1-23(2)24(3,4)35-25(34-23)16-14-26-29(15-16)18-8-10-28(11-9-18)22(30)27-17-12-19(31-5)21(33-7)20(13-17)32-6/h12-15,18H,8-11H2,1-7H3,(H,27,30). The molecule has 2 aromatic rings. The molecule has 2 aliphatic rings. The van der Waals surface area contributed by atoms with Gasteiger partial charge in [-0.1, -0.05) is 0 Å². The lowest BCUT2D eigenvalue weighted by atomic mass is 9.82. The van der Waals surface area contributed by atoms with Crippen LogP contribution in [0.5, 0.6) is 17.2 Å². The van der Waals surface area contributed by atoms with Crippen molar-refractivity contribution in [1.29, 1.82) is 0 Å². The lowest BCUT2D eigenvalue weighted by Crippen LogP contribution is -2.41. The first-order chi connectivity index (χ1) is 16.6. The fraction of sp³-hybridized carbons (Fsp3) is 0.583. The third-order valence-electron chi connectivity index (χ3n) is 7.19. The fourth-order valence-electron chi connectivity index (χ4n) is 4.34. The third-order valence-corrected chi connectivity index (χ3v) is 7.19. The topological polar surface area (TPSA) is 96.3 Å². The van der Waals surface area contributed by atoms with Gasteiger partial charge in [0.2, 0.25) is 5.75 Å². The number of likely N-dealkylation sites (tertiary alicyclic amines) is 1. The lowest BCUT2D eigenvalue weighted by Gasteiger charge is -2.32. The van der Waals surface area contributed by atoms with Gasteiger partial charge in [-0.3, -0.25) is 4.68 Å². The van der Waals surface area contributed by atoms with E-state index in [4.69, 9.17) is 23.5 Å². The first-order valence-electron chi connectivity index (χ1n) is 11.8. The van der Waals surface area contributed by atoms with Crippen LogP contribution in [0.2, 0.25) is 0 Å². The number of methoxy groups -OCH3 is 3. The van der Waals surface area contributed by atoms with E-state index < -0.39 is 18.3 Å². The highest BCUT2D eigenvalue weighted by Gasteiger charge is 2.52. The first-order valence-corrected chi connectivity index (χ1v) is 11.8. The molecule has 2 fully saturated rings. The van der Waals surface area contributed by atoms with E-state index in [1.165, 1.54) is 0 Å². The fourth-order valence-corrected chi connectivity index (χ4v) is 4.34. The zero-order valence-electron chi connectivity index (χ0n) is 21.6. The molecule has 2 aliphatic heterocycles. The zero-order valence-corrected chi connectivity index (χ0v) is 21.6. The van der Waals surface area contributed by atoms with Gasteiger partial charge in [-0.2, -0.15) is 5.10 Å².